The molecular weight excluding hydrogens is 460 g/mol. The minimum Gasteiger partial charge on any atom is -0.395 e. The predicted molar refractivity (Wildman–Crippen MR) is 141 cm³/mol. The summed E-state index contributed by atoms with van der Waals surface area (Å²) in [5.41, 5.74) is 0.195. The number of rotatable bonds is 10. The van der Waals surface area contributed by atoms with Crippen LogP contribution in [0.5, 0.6) is 0 Å². The highest BCUT2D eigenvalue weighted by molar-refractivity contribution is 5.01. The molecule has 0 amide bonds. The Balaban J connectivity index is 0.000000223. The summed E-state index contributed by atoms with van der Waals surface area (Å²) in [5.74, 6) is 0. The van der Waals surface area contributed by atoms with Crippen molar-refractivity contribution in [1.29, 1.82) is 0 Å². The average molecular weight is 515 g/mol. The summed E-state index contributed by atoms with van der Waals surface area (Å²) in [7, 11) is 0. The van der Waals surface area contributed by atoms with E-state index in [9.17, 15) is 5.11 Å². The Morgan fingerprint density at radius 2 is 1.17 bits per heavy atom. The monoisotopic (exact) mass is 514 g/mol. The molecule has 4 aliphatic rings. The second-order valence-electron chi connectivity index (χ2n) is 13.7. The molecule has 0 aliphatic carbocycles. The van der Waals surface area contributed by atoms with Crippen molar-refractivity contribution in [3.8, 4) is 0 Å². The maximum atomic E-state index is 9.78. The summed E-state index contributed by atoms with van der Waals surface area (Å²) in [6.07, 6.45) is 4.52. The molecule has 0 spiro atoms. The molecule has 212 valence electrons. The van der Waals surface area contributed by atoms with Crippen molar-refractivity contribution in [2.75, 3.05) is 52.7 Å². The van der Waals surface area contributed by atoms with Gasteiger partial charge in [0.2, 0.25) is 0 Å². The van der Waals surface area contributed by atoms with Crippen molar-refractivity contribution in [3.05, 3.63) is 0 Å². The lowest BCUT2D eigenvalue weighted by Gasteiger charge is -2.55. The SMILES string of the molecule is CC1(C)CC(O)CC(C)(C)N1CCO.CC1(C)CC(OCC2CO2)CC(C)(C)N1CCOCC1CO1. The maximum absolute atomic E-state index is 9.78. The number of β-amino-alcohol motifs (C(OH)–C–C–N with tert-alkyl or cyclic N) is 1. The van der Waals surface area contributed by atoms with Gasteiger partial charge in [0.25, 0.3) is 0 Å². The van der Waals surface area contributed by atoms with Crippen LogP contribution < -0.4 is 0 Å². The normalized spacial score (nSPS) is 31.5. The molecule has 2 N–H and O–H groups in total. The molecule has 0 aromatic carbocycles. The molecule has 2 atom stereocenters. The first-order valence-electron chi connectivity index (χ1n) is 13.9. The Labute approximate surface area is 219 Å². The first-order chi connectivity index (χ1) is 16.7. The largest absolute Gasteiger partial charge is 0.395 e. The highest BCUT2D eigenvalue weighted by Gasteiger charge is 2.46. The Morgan fingerprint density at radius 1 is 0.722 bits per heavy atom. The summed E-state index contributed by atoms with van der Waals surface area (Å²) in [6.45, 7) is 23.6. The van der Waals surface area contributed by atoms with Crippen LogP contribution in [0.15, 0.2) is 0 Å². The lowest BCUT2D eigenvalue weighted by molar-refractivity contribution is -0.112. The molecule has 8 nitrogen and oxygen atoms in total. The van der Waals surface area contributed by atoms with Gasteiger partial charge in [-0.05, 0) is 81.1 Å². The van der Waals surface area contributed by atoms with Crippen LogP contribution in [0.3, 0.4) is 0 Å². The van der Waals surface area contributed by atoms with Crippen LogP contribution in [-0.2, 0) is 18.9 Å². The Morgan fingerprint density at radius 3 is 1.64 bits per heavy atom. The van der Waals surface area contributed by atoms with Gasteiger partial charge in [-0.3, -0.25) is 9.80 Å². The van der Waals surface area contributed by atoms with Crippen LogP contribution in [0.4, 0.5) is 0 Å². The molecular formula is C28H54N2O6. The number of nitrogens with zero attached hydrogens (tertiary/aromatic N) is 2. The topological polar surface area (TPSA) is 90.5 Å². The van der Waals surface area contributed by atoms with E-state index < -0.39 is 0 Å². The Hall–Kier alpha value is -0.320. The molecule has 2 unspecified atom stereocenters. The zero-order valence-corrected chi connectivity index (χ0v) is 24.2. The fraction of sp³-hybridized carbons (Fsp3) is 1.00. The van der Waals surface area contributed by atoms with Crippen LogP contribution >= 0.6 is 0 Å². The van der Waals surface area contributed by atoms with Gasteiger partial charge in [-0.1, -0.05) is 0 Å². The number of piperidine rings is 2. The van der Waals surface area contributed by atoms with Crippen LogP contribution in [0.1, 0.15) is 81.1 Å². The van der Waals surface area contributed by atoms with Gasteiger partial charge in [0.15, 0.2) is 0 Å². The van der Waals surface area contributed by atoms with Crippen LogP contribution in [0.25, 0.3) is 0 Å². The van der Waals surface area contributed by atoms with Crippen molar-refractivity contribution >= 4 is 0 Å². The number of likely N-dealkylation sites (tertiary alicyclic amines) is 2. The van der Waals surface area contributed by atoms with Crippen molar-refractivity contribution < 1.29 is 29.2 Å². The first-order valence-corrected chi connectivity index (χ1v) is 13.9. The van der Waals surface area contributed by atoms with E-state index in [1.165, 1.54) is 0 Å². The summed E-state index contributed by atoms with van der Waals surface area (Å²) in [6, 6.07) is 0. The van der Waals surface area contributed by atoms with Crippen LogP contribution in [0.2, 0.25) is 0 Å². The van der Waals surface area contributed by atoms with Crippen molar-refractivity contribution in [2.45, 2.75) is 128 Å². The van der Waals surface area contributed by atoms with Gasteiger partial charge in [-0.2, -0.15) is 0 Å². The molecule has 8 heteroatoms. The standard InChI is InChI=1S/C17H31NO4.C11H23NO2/c1-16(2)7-13(20-11-15-12-22-15)8-17(3,4)18(16)5-6-19-9-14-10-21-14;1-10(2)7-9(14)8-11(3,4)12(10)5-6-13/h13-15H,5-12H2,1-4H3;9,13-14H,5-8H2,1-4H3. The van der Waals surface area contributed by atoms with Gasteiger partial charge in [0.05, 0.1) is 51.8 Å². The van der Waals surface area contributed by atoms with Gasteiger partial charge in [0, 0.05) is 35.2 Å². The predicted octanol–water partition coefficient (Wildman–Crippen LogP) is 2.83. The summed E-state index contributed by atoms with van der Waals surface area (Å²) >= 11 is 0. The minimum atomic E-state index is -0.213. The molecule has 36 heavy (non-hydrogen) atoms. The molecule has 0 radical (unpaired) electrons. The van der Waals surface area contributed by atoms with Gasteiger partial charge >= 0.3 is 0 Å². The molecule has 0 aromatic heterocycles. The van der Waals surface area contributed by atoms with Crippen LogP contribution in [-0.4, -0.2) is 119 Å². The molecule has 0 saturated carbocycles. The number of hydrogen-bond donors (Lipinski definition) is 2. The molecule has 0 aromatic rings. The van der Waals surface area contributed by atoms with E-state index >= 15 is 0 Å². The lowest BCUT2D eigenvalue weighted by atomic mass is 9.78. The molecule has 4 heterocycles. The third-order valence-corrected chi connectivity index (χ3v) is 8.26. The Bertz CT molecular complexity index is 654. The quantitative estimate of drug-likeness (QED) is 0.340. The number of ether oxygens (including phenoxy) is 4. The third-order valence-electron chi connectivity index (χ3n) is 8.26. The molecule has 4 aliphatic heterocycles. The molecule has 4 rings (SSSR count). The summed E-state index contributed by atoms with van der Waals surface area (Å²) in [5, 5.41) is 18.8. The van der Waals surface area contributed by atoms with Gasteiger partial charge in [-0.15, -0.1) is 0 Å². The fourth-order valence-corrected chi connectivity index (χ4v) is 6.86. The summed E-state index contributed by atoms with van der Waals surface area (Å²) in [4.78, 5) is 4.88. The highest BCUT2D eigenvalue weighted by atomic mass is 16.6. The fourth-order valence-electron chi connectivity index (χ4n) is 6.86. The zero-order valence-electron chi connectivity index (χ0n) is 24.2. The smallest absolute Gasteiger partial charge is 0.104 e. The van der Waals surface area contributed by atoms with E-state index in [2.05, 4.69) is 65.2 Å². The minimum absolute atomic E-state index is 0.0239. The number of aliphatic hydroxyl groups is 2. The molecule has 4 fully saturated rings. The number of aliphatic hydroxyl groups excluding tert-OH is 2. The van der Waals surface area contributed by atoms with E-state index in [0.29, 0.717) is 24.9 Å². The lowest BCUT2D eigenvalue weighted by Crippen LogP contribution is -2.62. The Kier molecular flexibility index (Phi) is 9.93. The number of hydrogen-bond acceptors (Lipinski definition) is 8. The van der Waals surface area contributed by atoms with Gasteiger partial charge < -0.3 is 29.2 Å². The first kappa shape index (κ1) is 30.2. The third kappa shape index (κ3) is 8.60. The molecule has 4 saturated heterocycles. The van der Waals surface area contributed by atoms with E-state index in [1.54, 1.807) is 0 Å². The van der Waals surface area contributed by atoms with Gasteiger partial charge in [-0.25, -0.2) is 0 Å². The van der Waals surface area contributed by atoms with Crippen molar-refractivity contribution in [3.63, 3.8) is 0 Å². The van der Waals surface area contributed by atoms with E-state index in [4.69, 9.17) is 24.1 Å². The second-order valence-corrected chi connectivity index (χ2v) is 13.7. The highest BCUT2D eigenvalue weighted by Crippen LogP contribution is 2.40. The van der Waals surface area contributed by atoms with E-state index in [1.807, 2.05) is 0 Å². The zero-order chi connectivity index (χ0) is 26.8. The second kappa shape index (κ2) is 11.8. The van der Waals surface area contributed by atoms with E-state index in [-0.39, 0.29) is 34.9 Å². The summed E-state index contributed by atoms with van der Waals surface area (Å²) < 4.78 is 22.3. The maximum Gasteiger partial charge on any atom is 0.104 e. The van der Waals surface area contributed by atoms with Crippen molar-refractivity contribution in [2.24, 2.45) is 0 Å². The molecule has 0 bridgehead atoms. The van der Waals surface area contributed by atoms with Crippen molar-refractivity contribution in [1.82, 2.24) is 9.80 Å². The number of epoxide rings is 2. The average Bonchev–Trinajstić information content (AvgIpc) is 3.62. The van der Waals surface area contributed by atoms with Gasteiger partial charge in [0.1, 0.15) is 12.2 Å². The van der Waals surface area contributed by atoms with E-state index in [0.717, 1.165) is 65.3 Å². The van der Waals surface area contributed by atoms with Crippen LogP contribution in [0, 0.1) is 0 Å².